The Labute approximate surface area is 124 Å². The van der Waals surface area contributed by atoms with Crippen LogP contribution in [0.15, 0.2) is 41.4 Å². The topological polar surface area (TPSA) is 50.4 Å². The van der Waals surface area contributed by atoms with Crippen LogP contribution in [-0.4, -0.2) is 5.96 Å². The Bertz CT molecular complexity index is 570. The summed E-state index contributed by atoms with van der Waals surface area (Å²) in [4.78, 5) is 7.00. The van der Waals surface area contributed by atoms with Crippen LogP contribution in [0.5, 0.6) is 0 Å². The van der Waals surface area contributed by atoms with E-state index >= 15 is 0 Å². The molecule has 0 unspecified atom stereocenters. The molecule has 20 heavy (non-hydrogen) atoms. The zero-order chi connectivity index (χ0) is 14.4. The van der Waals surface area contributed by atoms with Crippen molar-refractivity contribution in [2.24, 2.45) is 10.7 Å². The predicted molar refractivity (Wildman–Crippen MR) is 88.5 cm³/mol. The van der Waals surface area contributed by atoms with Crippen LogP contribution in [0, 0.1) is 0 Å². The van der Waals surface area contributed by atoms with Crippen LogP contribution in [0.1, 0.15) is 29.2 Å². The molecule has 0 aliphatic carbocycles. The van der Waals surface area contributed by atoms with Gasteiger partial charge in [0, 0.05) is 15.4 Å². The monoisotopic (exact) mass is 287 g/mol. The molecule has 3 nitrogen and oxygen atoms in total. The number of nitrogens with one attached hydrogen (secondary N) is 1. The summed E-state index contributed by atoms with van der Waals surface area (Å²) >= 11 is 1.80. The molecule has 0 saturated heterocycles. The van der Waals surface area contributed by atoms with Crippen LogP contribution in [0.2, 0.25) is 0 Å². The molecule has 0 aliphatic rings. The summed E-state index contributed by atoms with van der Waals surface area (Å²) in [6.45, 7) is 4.94. The van der Waals surface area contributed by atoms with Gasteiger partial charge >= 0.3 is 0 Å². The van der Waals surface area contributed by atoms with Gasteiger partial charge in [0.15, 0.2) is 5.96 Å². The van der Waals surface area contributed by atoms with E-state index in [1.54, 1.807) is 11.3 Å². The van der Waals surface area contributed by atoms with E-state index in [0.29, 0.717) is 12.5 Å². The fourth-order valence-corrected chi connectivity index (χ4v) is 2.75. The number of rotatable bonds is 5. The molecule has 3 N–H and O–H groups in total. The van der Waals surface area contributed by atoms with Crippen LogP contribution in [0.3, 0.4) is 0 Å². The standard InChI is InChI=1S/C16H21N3S/c1-3-12-5-7-13(8-6-12)19-16(17)18-11-15-10-9-14(4-2)20-15/h5-10H,3-4,11H2,1-2H3,(H3,17,18,19). The zero-order valence-electron chi connectivity index (χ0n) is 12.0. The van der Waals surface area contributed by atoms with Gasteiger partial charge in [0.1, 0.15) is 0 Å². The molecule has 0 bridgehead atoms. The van der Waals surface area contributed by atoms with Crippen molar-refractivity contribution in [3.63, 3.8) is 0 Å². The third-order valence-corrected chi connectivity index (χ3v) is 4.32. The van der Waals surface area contributed by atoms with Gasteiger partial charge in [0.05, 0.1) is 6.54 Å². The van der Waals surface area contributed by atoms with E-state index in [1.165, 1.54) is 15.3 Å². The molecular formula is C16H21N3S. The maximum absolute atomic E-state index is 5.91. The molecule has 1 heterocycles. The number of guanidine groups is 1. The van der Waals surface area contributed by atoms with Crippen molar-refractivity contribution in [3.05, 3.63) is 51.7 Å². The van der Waals surface area contributed by atoms with E-state index in [0.717, 1.165) is 18.5 Å². The number of nitrogens with two attached hydrogens (primary N) is 1. The lowest BCUT2D eigenvalue weighted by atomic mass is 10.1. The van der Waals surface area contributed by atoms with E-state index in [1.807, 2.05) is 12.1 Å². The van der Waals surface area contributed by atoms with Crippen molar-refractivity contribution in [2.75, 3.05) is 5.32 Å². The third-order valence-electron chi connectivity index (χ3n) is 3.11. The second kappa shape index (κ2) is 7.10. The first-order valence-electron chi connectivity index (χ1n) is 6.94. The van der Waals surface area contributed by atoms with Gasteiger partial charge in [-0.05, 0) is 42.7 Å². The Kier molecular flexibility index (Phi) is 5.18. The largest absolute Gasteiger partial charge is 0.370 e. The number of nitrogens with zero attached hydrogens (tertiary/aromatic N) is 1. The number of aryl methyl sites for hydroxylation is 2. The van der Waals surface area contributed by atoms with E-state index < -0.39 is 0 Å². The van der Waals surface area contributed by atoms with Gasteiger partial charge < -0.3 is 11.1 Å². The van der Waals surface area contributed by atoms with Crippen molar-refractivity contribution in [2.45, 2.75) is 33.2 Å². The summed E-state index contributed by atoms with van der Waals surface area (Å²) in [6, 6.07) is 12.5. The molecule has 106 valence electrons. The summed E-state index contributed by atoms with van der Waals surface area (Å²) in [5.74, 6) is 0.459. The number of hydrogen-bond acceptors (Lipinski definition) is 2. The molecule has 0 amide bonds. The highest BCUT2D eigenvalue weighted by atomic mass is 32.1. The molecule has 1 aromatic heterocycles. The van der Waals surface area contributed by atoms with Crippen molar-refractivity contribution in [3.8, 4) is 0 Å². The molecule has 0 spiro atoms. The summed E-state index contributed by atoms with van der Waals surface area (Å²) in [5, 5.41) is 3.12. The van der Waals surface area contributed by atoms with Gasteiger partial charge in [0.25, 0.3) is 0 Å². The highest BCUT2D eigenvalue weighted by Crippen LogP contribution is 2.17. The maximum Gasteiger partial charge on any atom is 0.193 e. The molecule has 2 aromatic rings. The van der Waals surface area contributed by atoms with Gasteiger partial charge in [-0.3, -0.25) is 0 Å². The lowest BCUT2D eigenvalue weighted by Crippen LogP contribution is -2.22. The molecule has 0 saturated carbocycles. The number of anilines is 1. The van der Waals surface area contributed by atoms with Gasteiger partial charge in [-0.2, -0.15) is 0 Å². The molecule has 0 fully saturated rings. The van der Waals surface area contributed by atoms with Crippen molar-refractivity contribution >= 4 is 23.0 Å². The fourth-order valence-electron chi connectivity index (χ4n) is 1.87. The maximum atomic E-state index is 5.91. The van der Waals surface area contributed by atoms with Crippen LogP contribution in [0.4, 0.5) is 5.69 Å². The first kappa shape index (κ1) is 14.6. The second-order valence-electron chi connectivity index (χ2n) is 4.60. The molecule has 0 atom stereocenters. The van der Waals surface area contributed by atoms with E-state index in [9.17, 15) is 0 Å². The molecule has 0 radical (unpaired) electrons. The first-order valence-corrected chi connectivity index (χ1v) is 7.76. The van der Waals surface area contributed by atoms with E-state index in [-0.39, 0.29) is 0 Å². The highest BCUT2D eigenvalue weighted by molar-refractivity contribution is 7.11. The highest BCUT2D eigenvalue weighted by Gasteiger charge is 1.99. The Morgan fingerprint density at radius 2 is 1.75 bits per heavy atom. The summed E-state index contributed by atoms with van der Waals surface area (Å²) in [6.07, 6.45) is 2.12. The Balaban J connectivity index is 1.92. The minimum absolute atomic E-state index is 0.459. The number of hydrogen-bond donors (Lipinski definition) is 2. The molecule has 0 aliphatic heterocycles. The van der Waals surface area contributed by atoms with Crippen LogP contribution in [0.25, 0.3) is 0 Å². The zero-order valence-corrected chi connectivity index (χ0v) is 12.8. The fraction of sp³-hybridized carbons (Fsp3) is 0.312. The van der Waals surface area contributed by atoms with Gasteiger partial charge in [-0.1, -0.05) is 26.0 Å². The number of benzene rings is 1. The quantitative estimate of drug-likeness (QED) is 0.649. The summed E-state index contributed by atoms with van der Waals surface area (Å²) in [7, 11) is 0. The lowest BCUT2D eigenvalue weighted by molar-refractivity contribution is 1.09. The minimum atomic E-state index is 0.459. The van der Waals surface area contributed by atoms with Gasteiger partial charge in [0.2, 0.25) is 0 Å². The van der Waals surface area contributed by atoms with Crippen molar-refractivity contribution < 1.29 is 0 Å². The molecule has 2 rings (SSSR count). The van der Waals surface area contributed by atoms with Crippen molar-refractivity contribution in [1.29, 1.82) is 0 Å². The Morgan fingerprint density at radius 1 is 1.05 bits per heavy atom. The van der Waals surface area contributed by atoms with Crippen LogP contribution >= 0.6 is 11.3 Å². The Morgan fingerprint density at radius 3 is 2.35 bits per heavy atom. The SMILES string of the molecule is CCc1ccc(NC(N)=NCc2ccc(CC)s2)cc1. The van der Waals surface area contributed by atoms with Crippen LogP contribution < -0.4 is 11.1 Å². The van der Waals surface area contributed by atoms with E-state index in [2.05, 4.69) is 48.4 Å². The third kappa shape index (κ3) is 4.10. The minimum Gasteiger partial charge on any atom is -0.370 e. The summed E-state index contributed by atoms with van der Waals surface area (Å²) < 4.78 is 0. The van der Waals surface area contributed by atoms with Crippen LogP contribution in [-0.2, 0) is 19.4 Å². The predicted octanol–water partition coefficient (Wildman–Crippen LogP) is 3.80. The summed E-state index contributed by atoms with van der Waals surface area (Å²) in [5.41, 5.74) is 8.20. The molecule has 1 aromatic carbocycles. The van der Waals surface area contributed by atoms with Gasteiger partial charge in [-0.25, -0.2) is 4.99 Å². The average molecular weight is 287 g/mol. The smallest absolute Gasteiger partial charge is 0.193 e. The number of thiophene rings is 1. The van der Waals surface area contributed by atoms with Gasteiger partial charge in [-0.15, -0.1) is 11.3 Å². The molecular weight excluding hydrogens is 266 g/mol. The average Bonchev–Trinajstić information content (AvgIpc) is 2.94. The normalized spacial score (nSPS) is 11.6. The Hall–Kier alpha value is -1.81. The second-order valence-corrected chi connectivity index (χ2v) is 5.85. The van der Waals surface area contributed by atoms with E-state index in [4.69, 9.17) is 5.73 Å². The molecule has 4 heteroatoms. The first-order chi connectivity index (χ1) is 9.71. The number of aliphatic imine (C=N–C) groups is 1. The lowest BCUT2D eigenvalue weighted by Gasteiger charge is -2.06. The van der Waals surface area contributed by atoms with Crippen molar-refractivity contribution in [1.82, 2.24) is 0 Å².